The molecule has 0 heterocycles. The van der Waals surface area contributed by atoms with Crippen LogP contribution in [-0.2, 0) is 11.2 Å². The number of nitrogens with zero attached hydrogens (tertiary/aromatic N) is 1. The van der Waals surface area contributed by atoms with Gasteiger partial charge in [-0.05, 0) is 30.3 Å². The molecule has 2 rings (SSSR count). The van der Waals surface area contributed by atoms with Gasteiger partial charge in [0.25, 0.3) is 0 Å². The summed E-state index contributed by atoms with van der Waals surface area (Å²) in [4.78, 5) is 11.8. The summed E-state index contributed by atoms with van der Waals surface area (Å²) < 4.78 is 26.9. The summed E-state index contributed by atoms with van der Waals surface area (Å²) in [5.74, 6) is -2.17. The maximum Gasteiger partial charge on any atom is 0.229 e. The van der Waals surface area contributed by atoms with E-state index in [1.165, 1.54) is 24.3 Å². The summed E-state index contributed by atoms with van der Waals surface area (Å²) in [6.45, 7) is 0. The number of hydrogen-bond acceptors (Lipinski definition) is 2. The molecule has 0 saturated heterocycles. The lowest BCUT2D eigenvalue weighted by atomic mass is 10.1. The quantitative estimate of drug-likeness (QED) is 0.940. The van der Waals surface area contributed by atoms with Crippen molar-refractivity contribution in [3.63, 3.8) is 0 Å². The van der Waals surface area contributed by atoms with Crippen molar-refractivity contribution in [3.05, 3.63) is 64.2 Å². The van der Waals surface area contributed by atoms with Crippen LogP contribution >= 0.6 is 11.6 Å². The molecule has 0 aliphatic heterocycles. The Morgan fingerprint density at radius 3 is 2.48 bits per heavy atom. The highest BCUT2D eigenvalue weighted by atomic mass is 35.5. The molecule has 0 fully saturated rings. The normalized spacial score (nSPS) is 10.0. The first kappa shape index (κ1) is 14.9. The van der Waals surface area contributed by atoms with E-state index in [0.717, 1.165) is 12.1 Å². The van der Waals surface area contributed by atoms with Crippen molar-refractivity contribution in [2.75, 3.05) is 5.32 Å². The Hall–Kier alpha value is -2.45. The van der Waals surface area contributed by atoms with E-state index in [1.54, 1.807) is 0 Å². The van der Waals surface area contributed by atoms with E-state index in [0.29, 0.717) is 5.56 Å². The van der Waals surface area contributed by atoms with Gasteiger partial charge >= 0.3 is 0 Å². The molecule has 3 nitrogen and oxygen atoms in total. The van der Waals surface area contributed by atoms with Crippen LogP contribution in [0.3, 0.4) is 0 Å². The molecule has 0 spiro atoms. The zero-order valence-corrected chi connectivity index (χ0v) is 11.4. The average Bonchev–Trinajstić information content (AvgIpc) is 2.45. The molecule has 2 aromatic rings. The van der Waals surface area contributed by atoms with Crippen molar-refractivity contribution in [1.82, 2.24) is 0 Å². The Kier molecular flexibility index (Phi) is 4.51. The van der Waals surface area contributed by atoms with Crippen LogP contribution in [0.15, 0.2) is 36.4 Å². The van der Waals surface area contributed by atoms with E-state index in [4.69, 9.17) is 16.9 Å². The van der Waals surface area contributed by atoms with Crippen molar-refractivity contribution in [3.8, 4) is 6.07 Å². The second-order valence-corrected chi connectivity index (χ2v) is 4.64. The van der Waals surface area contributed by atoms with Gasteiger partial charge in [0.2, 0.25) is 5.91 Å². The molecule has 6 heteroatoms. The third-order valence-corrected chi connectivity index (χ3v) is 3.08. The third-order valence-electron chi connectivity index (χ3n) is 2.77. The molecule has 106 valence electrons. The maximum absolute atomic E-state index is 13.4. The Labute approximate surface area is 124 Å². The molecule has 2 aromatic carbocycles. The highest BCUT2D eigenvalue weighted by molar-refractivity contribution is 6.33. The zero-order valence-electron chi connectivity index (χ0n) is 10.7. The smallest absolute Gasteiger partial charge is 0.229 e. The molecule has 0 radical (unpaired) electrons. The molecular formula is C15H9ClF2N2O. The number of amides is 1. The van der Waals surface area contributed by atoms with E-state index in [-0.39, 0.29) is 16.3 Å². The molecular weight excluding hydrogens is 298 g/mol. The molecule has 0 atom stereocenters. The lowest BCUT2D eigenvalue weighted by molar-refractivity contribution is -0.115. The average molecular weight is 307 g/mol. The molecule has 21 heavy (non-hydrogen) atoms. The predicted molar refractivity (Wildman–Crippen MR) is 74.9 cm³/mol. The number of nitriles is 1. The molecule has 0 aromatic heterocycles. The first-order valence-corrected chi connectivity index (χ1v) is 6.31. The van der Waals surface area contributed by atoms with Gasteiger partial charge in [-0.25, -0.2) is 8.78 Å². The molecule has 0 saturated carbocycles. The molecule has 0 unspecified atom stereocenters. The maximum atomic E-state index is 13.4. The van der Waals surface area contributed by atoms with Gasteiger partial charge in [0, 0.05) is 5.56 Å². The molecule has 0 aliphatic carbocycles. The largest absolute Gasteiger partial charge is 0.324 e. The number of hydrogen-bond donors (Lipinski definition) is 1. The van der Waals surface area contributed by atoms with E-state index in [1.807, 2.05) is 6.07 Å². The monoisotopic (exact) mass is 306 g/mol. The molecule has 1 amide bonds. The Bertz CT molecular complexity index is 721. The predicted octanol–water partition coefficient (Wildman–Crippen LogP) is 3.67. The van der Waals surface area contributed by atoms with Crippen LogP contribution in [0, 0.1) is 23.0 Å². The summed E-state index contributed by atoms with van der Waals surface area (Å²) in [6, 6.07) is 9.62. The van der Waals surface area contributed by atoms with Gasteiger partial charge in [-0.1, -0.05) is 17.7 Å². The Morgan fingerprint density at radius 2 is 1.90 bits per heavy atom. The first-order valence-electron chi connectivity index (χ1n) is 5.93. The van der Waals surface area contributed by atoms with Gasteiger partial charge in [-0.2, -0.15) is 5.26 Å². The second kappa shape index (κ2) is 6.33. The van der Waals surface area contributed by atoms with Gasteiger partial charge in [-0.15, -0.1) is 0 Å². The summed E-state index contributed by atoms with van der Waals surface area (Å²) in [5, 5.41) is 11.3. The fourth-order valence-electron chi connectivity index (χ4n) is 1.74. The van der Waals surface area contributed by atoms with Crippen molar-refractivity contribution in [1.29, 1.82) is 5.26 Å². The van der Waals surface area contributed by atoms with Crippen LogP contribution in [0.25, 0.3) is 0 Å². The molecule has 0 bridgehead atoms. The van der Waals surface area contributed by atoms with Crippen molar-refractivity contribution in [2.45, 2.75) is 6.42 Å². The van der Waals surface area contributed by atoms with Crippen molar-refractivity contribution in [2.24, 2.45) is 0 Å². The van der Waals surface area contributed by atoms with E-state index >= 15 is 0 Å². The highest BCUT2D eigenvalue weighted by Crippen LogP contribution is 2.23. The van der Waals surface area contributed by atoms with Gasteiger partial charge in [-0.3, -0.25) is 4.79 Å². The van der Waals surface area contributed by atoms with Crippen molar-refractivity contribution < 1.29 is 13.6 Å². The Morgan fingerprint density at radius 1 is 1.24 bits per heavy atom. The van der Waals surface area contributed by atoms with Gasteiger partial charge < -0.3 is 5.32 Å². The minimum Gasteiger partial charge on any atom is -0.324 e. The molecule has 0 aliphatic rings. The van der Waals surface area contributed by atoms with Crippen molar-refractivity contribution >= 4 is 23.2 Å². The number of halogens is 3. The van der Waals surface area contributed by atoms with Gasteiger partial charge in [0.15, 0.2) is 0 Å². The lowest BCUT2D eigenvalue weighted by Gasteiger charge is -2.08. The number of rotatable bonds is 3. The summed E-state index contributed by atoms with van der Waals surface area (Å²) >= 11 is 5.90. The minimum absolute atomic E-state index is 0.177. The fourth-order valence-corrected chi connectivity index (χ4v) is 1.97. The number of carbonyl (C=O) groups is 1. The highest BCUT2D eigenvalue weighted by Gasteiger charge is 2.14. The minimum atomic E-state index is -0.781. The molecule has 1 N–H and O–H groups in total. The van der Waals surface area contributed by atoms with Crippen LogP contribution in [0.1, 0.15) is 11.1 Å². The van der Waals surface area contributed by atoms with Crippen LogP contribution in [0.4, 0.5) is 14.5 Å². The van der Waals surface area contributed by atoms with E-state index in [9.17, 15) is 13.6 Å². The lowest BCUT2D eigenvalue weighted by Crippen LogP contribution is -2.16. The third kappa shape index (κ3) is 3.56. The fraction of sp³-hybridized carbons (Fsp3) is 0.0667. The van der Waals surface area contributed by atoms with Crippen LogP contribution in [0.5, 0.6) is 0 Å². The van der Waals surface area contributed by atoms with Gasteiger partial charge in [0.05, 0.1) is 28.8 Å². The summed E-state index contributed by atoms with van der Waals surface area (Å²) in [6.07, 6.45) is -0.450. The number of nitrogens with one attached hydrogen (secondary N) is 1. The van der Waals surface area contributed by atoms with Crippen LogP contribution < -0.4 is 5.32 Å². The Balaban J connectivity index is 2.14. The summed E-state index contributed by atoms with van der Waals surface area (Å²) in [7, 11) is 0. The van der Waals surface area contributed by atoms with Gasteiger partial charge in [0.1, 0.15) is 11.6 Å². The zero-order chi connectivity index (χ0) is 15.4. The first-order chi connectivity index (χ1) is 10.0. The van der Waals surface area contributed by atoms with Crippen LogP contribution in [0.2, 0.25) is 5.02 Å². The van der Waals surface area contributed by atoms with Crippen LogP contribution in [-0.4, -0.2) is 5.91 Å². The number of anilines is 1. The summed E-state index contributed by atoms with van der Waals surface area (Å²) in [5.41, 5.74) is 0.315. The topological polar surface area (TPSA) is 52.9 Å². The van der Waals surface area contributed by atoms with E-state index in [2.05, 4.69) is 5.32 Å². The SMILES string of the molecule is N#Cc1ccc(NC(=O)Cc2c(F)cccc2F)c(Cl)c1. The second-order valence-electron chi connectivity index (χ2n) is 4.23. The number of carbonyl (C=O) groups excluding carboxylic acids is 1. The van der Waals surface area contributed by atoms with E-state index < -0.39 is 24.0 Å². The number of benzene rings is 2. The standard InChI is InChI=1S/C15H9ClF2N2O/c16-11-6-9(8-19)4-5-14(11)20-15(21)7-10-12(17)2-1-3-13(10)18/h1-6H,7H2,(H,20,21).